The lowest BCUT2D eigenvalue weighted by Gasteiger charge is -2.23. The molecule has 1 N–H and O–H groups in total. The molecule has 0 spiro atoms. The first kappa shape index (κ1) is 11.5. The molecule has 2 aromatic rings. The number of methoxy groups -OCH3 is 1. The van der Waals surface area contributed by atoms with Crippen LogP contribution in [0.2, 0.25) is 0 Å². The molecule has 0 radical (unpaired) electrons. The van der Waals surface area contributed by atoms with Crippen LogP contribution in [-0.4, -0.2) is 12.2 Å². The van der Waals surface area contributed by atoms with Crippen molar-refractivity contribution in [1.29, 1.82) is 0 Å². The Morgan fingerprint density at radius 2 is 2.00 bits per heavy atom. The van der Waals surface area contributed by atoms with E-state index in [1.807, 2.05) is 36.4 Å². The van der Waals surface area contributed by atoms with E-state index in [1.54, 1.807) is 7.11 Å². The molecule has 0 saturated heterocycles. The van der Waals surface area contributed by atoms with E-state index in [0.29, 0.717) is 0 Å². The predicted molar refractivity (Wildman–Crippen MR) is 68.1 cm³/mol. The van der Waals surface area contributed by atoms with Gasteiger partial charge in [-0.15, -0.1) is 0 Å². The number of hydrogen-bond acceptors (Lipinski definition) is 3. The molecule has 2 atom stereocenters. The zero-order valence-corrected chi connectivity index (χ0v) is 10.3. The van der Waals surface area contributed by atoms with Gasteiger partial charge >= 0.3 is 0 Å². The molecule has 3 rings (SSSR count). The van der Waals surface area contributed by atoms with E-state index >= 15 is 0 Å². The molecular weight excluding hydrogens is 228 g/mol. The summed E-state index contributed by atoms with van der Waals surface area (Å²) in [5.74, 6) is 1.57. The smallest absolute Gasteiger partial charge is 0.139 e. The molecule has 18 heavy (non-hydrogen) atoms. The van der Waals surface area contributed by atoms with Gasteiger partial charge in [0.05, 0.1) is 6.10 Å². The quantitative estimate of drug-likeness (QED) is 0.879. The Hall–Kier alpha value is -1.58. The highest BCUT2D eigenvalue weighted by Crippen LogP contribution is 2.41. The van der Waals surface area contributed by atoms with Gasteiger partial charge in [0.15, 0.2) is 0 Å². The molecule has 3 heteroatoms. The molecule has 94 valence electrons. The number of rotatable bonds is 2. The first-order valence-electron chi connectivity index (χ1n) is 6.19. The average molecular weight is 244 g/mol. The minimum Gasteiger partial charge on any atom is -0.458 e. The Morgan fingerprint density at radius 3 is 2.72 bits per heavy atom. The third kappa shape index (κ3) is 1.85. The molecular formula is C15H16O3. The number of ether oxygens (including phenoxy) is 1. The van der Waals surface area contributed by atoms with Gasteiger partial charge in [0.2, 0.25) is 0 Å². The summed E-state index contributed by atoms with van der Waals surface area (Å²) < 4.78 is 11.3. The fourth-order valence-electron chi connectivity index (χ4n) is 2.50. The molecule has 1 aromatic carbocycles. The first-order valence-corrected chi connectivity index (χ1v) is 6.19. The molecule has 0 fully saturated rings. The van der Waals surface area contributed by atoms with Crippen LogP contribution in [0.3, 0.4) is 0 Å². The lowest BCUT2D eigenvalue weighted by molar-refractivity contribution is 0.0386. The zero-order chi connectivity index (χ0) is 12.5. The maximum Gasteiger partial charge on any atom is 0.139 e. The van der Waals surface area contributed by atoms with Crippen molar-refractivity contribution in [3.63, 3.8) is 0 Å². The summed E-state index contributed by atoms with van der Waals surface area (Å²) in [6, 6.07) is 11.8. The number of aliphatic hydroxyl groups excluding tert-OH is 1. The highest BCUT2D eigenvalue weighted by Gasteiger charge is 2.30. The fourth-order valence-corrected chi connectivity index (χ4v) is 2.50. The van der Waals surface area contributed by atoms with Crippen molar-refractivity contribution in [2.24, 2.45) is 0 Å². The summed E-state index contributed by atoms with van der Waals surface area (Å²) >= 11 is 0. The van der Waals surface area contributed by atoms with Crippen LogP contribution in [-0.2, 0) is 4.74 Å². The molecule has 0 aliphatic heterocycles. The number of aliphatic hydroxyl groups is 1. The van der Waals surface area contributed by atoms with E-state index < -0.39 is 6.10 Å². The first-order chi connectivity index (χ1) is 8.79. The minimum absolute atomic E-state index is 0.0409. The van der Waals surface area contributed by atoms with E-state index in [-0.39, 0.29) is 6.10 Å². The second kappa shape index (κ2) is 4.59. The van der Waals surface area contributed by atoms with Gasteiger partial charge in [-0.2, -0.15) is 0 Å². The number of furan rings is 1. The van der Waals surface area contributed by atoms with Crippen LogP contribution in [0, 0.1) is 0 Å². The van der Waals surface area contributed by atoms with Crippen LogP contribution in [0.15, 0.2) is 40.8 Å². The SMILES string of the molecule is COC1CCC(O)c2cc(-c3ccccc3)oc21. The van der Waals surface area contributed by atoms with E-state index in [2.05, 4.69) is 0 Å². The van der Waals surface area contributed by atoms with Crippen LogP contribution in [0.5, 0.6) is 0 Å². The van der Waals surface area contributed by atoms with Crippen molar-refractivity contribution in [2.45, 2.75) is 25.0 Å². The highest BCUT2D eigenvalue weighted by molar-refractivity contribution is 5.59. The van der Waals surface area contributed by atoms with Crippen LogP contribution >= 0.6 is 0 Å². The lowest BCUT2D eigenvalue weighted by atomic mass is 9.93. The van der Waals surface area contributed by atoms with Gasteiger partial charge in [0, 0.05) is 18.2 Å². The molecule has 1 aliphatic carbocycles. The summed E-state index contributed by atoms with van der Waals surface area (Å²) in [6.07, 6.45) is 1.04. The van der Waals surface area contributed by atoms with E-state index in [1.165, 1.54) is 0 Å². The van der Waals surface area contributed by atoms with Gasteiger partial charge in [-0.25, -0.2) is 0 Å². The Balaban J connectivity index is 2.05. The van der Waals surface area contributed by atoms with Crippen LogP contribution < -0.4 is 0 Å². The van der Waals surface area contributed by atoms with Gasteiger partial charge < -0.3 is 14.3 Å². The Kier molecular flexibility index (Phi) is 2.94. The summed E-state index contributed by atoms with van der Waals surface area (Å²) in [5.41, 5.74) is 1.89. The zero-order valence-electron chi connectivity index (χ0n) is 10.3. The number of fused-ring (bicyclic) bond motifs is 1. The van der Waals surface area contributed by atoms with Crippen molar-refractivity contribution >= 4 is 0 Å². The molecule has 1 aliphatic rings. The summed E-state index contributed by atoms with van der Waals surface area (Å²) in [4.78, 5) is 0. The van der Waals surface area contributed by atoms with Crippen molar-refractivity contribution in [2.75, 3.05) is 7.11 Å². The second-order valence-electron chi connectivity index (χ2n) is 4.61. The second-order valence-corrected chi connectivity index (χ2v) is 4.61. The van der Waals surface area contributed by atoms with E-state index in [4.69, 9.17) is 9.15 Å². The summed E-state index contributed by atoms with van der Waals surface area (Å²) in [6.45, 7) is 0. The third-order valence-corrected chi connectivity index (χ3v) is 3.49. The normalized spacial score (nSPS) is 22.8. The number of benzene rings is 1. The Labute approximate surface area is 106 Å². The lowest BCUT2D eigenvalue weighted by Crippen LogP contribution is -2.13. The molecule has 0 bridgehead atoms. The number of hydrogen-bond donors (Lipinski definition) is 1. The topological polar surface area (TPSA) is 42.6 Å². The average Bonchev–Trinajstić information content (AvgIpc) is 2.86. The van der Waals surface area contributed by atoms with E-state index in [9.17, 15) is 5.11 Å². The molecule has 2 unspecified atom stereocenters. The van der Waals surface area contributed by atoms with Gasteiger partial charge in [-0.3, -0.25) is 0 Å². The van der Waals surface area contributed by atoms with E-state index in [0.717, 1.165) is 35.5 Å². The van der Waals surface area contributed by atoms with Crippen LogP contribution in [0.25, 0.3) is 11.3 Å². The van der Waals surface area contributed by atoms with Crippen molar-refractivity contribution < 1.29 is 14.3 Å². The van der Waals surface area contributed by atoms with Crippen LogP contribution in [0.1, 0.15) is 36.4 Å². The maximum absolute atomic E-state index is 10.0. The van der Waals surface area contributed by atoms with Crippen molar-refractivity contribution in [3.05, 3.63) is 47.7 Å². The van der Waals surface area contributed by atoms with Crippen LogP contribution in [0.4, 0.5) is 0 Å². The standard InChI is InChI=1S/C15H16O3/c1-17-13-8-7-12(16)11-9-14(18-15(11)13)10-5-3-2-4-6-10/h2-6,9,12-13,16H,7-8H2,1H3. The molecule has 1 aromatic heterocycles. The minimum atomic E-state index is -0.437. The fraction of sp³-hybridized carbons (Fsp3) is 0.333. The monoisotopic (exact) mass is 244 g/mol. The van der Waals surface area contributed by atoms with Gasteiger partial charge in [0.1, 0.15) is 17.6 Å². The Bertz CT molecular complexity index is 530. The van der Waals surface area contributed by atoms with Crippen molar-refractivity contribution in [1.82, 2.24) is 0 Å². The summed E-state index contributed by atoms with van der Waals surface area (Å²) in [7, 11) is 1.68. The largest absolute Gasteiger partial charge is 0.458 e. The third-order valence-electron chi connectivity index (χ3n) is 3.49. The summed E-state index contributed by atoms with van der Waals surface area (Å²) in [5, 5.41) is 10.0. The molecule has 0 amide bonds. The van der Waals surface area contributed by atoms with Gasteiger partial charge in [0.25, 0.3) is 0 Å². The van der Waals surface area contributed by atoms with Gasteiger partial charge in [-0.05, 0) is 18.9 Å². The molecule has 0 saturated carbocycles. The van der Waals surface area contributed by atoms with Gasteiger partial charge in [-0.1, -0.05) is 30.3 Å². The maximum atomic E-state index is 10.0. The highest BCUT2D eigenvalue weighted by atomic mass is 16.5. The Morgan fingerprint density at radius 1 is 1.22 bits per heavy atom. The predicted octanol–water partition coefficient (Wildman–Crippen LogP) is 3.46. The van der Waals surface area contributed by atoms with Crippen molar-refractivity contribution in [3.8, 4) is 11.3 Å². The molecule has 3 nitrogen and oxygen atoms in total. The molecule has 1 heterocycles.